The van der Waals surface area contributed by atoms with Gasteiger partial charge in [0.25, 0.3) is 0 Å². The smallest absolute Gasteiger partial charge is 0.229 e. The molecule has 1 aliphatic rings. The Morgan fingerprint density at radius 2 is 1.67 bits per heavy atom. The second-order valence-electron chi connectivity index (χ2n) is 3.51. The molecule has 0 fully saturated rings. The predicted molar refractivity (Wildman–Crippen MR) is 72.3 cm³/mol. The molecule has 0 bridgehead atoms. The highest BCUT2D eigenvalue weighted by Crippen LogP contribution is 2.38. The standard InChI is InChI=1S/C12H8Br2O4/c1-17-6-4-3-5-7(8(6)13)11(16)9(14)12(18-2)10(5)15/h3-4H,1-2H3. The van der Waals surface area contributed by atoms with Crippen molar-refractivity contribution in [3.63, 3.8) is 0 Å². The van der Waals surface area contributed by atoms with Crippen LogP contribution in [0.4, 0.5) is 0 Å². The lowest BCUT2D eigenvalue weighted by molar-refractivity contribution is 0.0913. The second-order valence-corrected chi connectivity index (χ2v) is 5.10. The fourth-order valence-electron chi connectivity index (χ4n) is 1.74. The maximum Gasteiger partial charge on any atom is 0.229 e. The second kappa shape index (κ2) is 4.85. The zero-order valence-electron chi connectivity index (χ0n) is 9.54. The van der Waals surface area contributed by atoms with Gasteiger partial charge >= 0.3 is 0 Å². The number of ketones is 2. The quantitative estimate of drug-likeness (QED) is 0.797. The maximum atomic E-state index is 12.2. The predicted octanol–water partition coefficient (Wildman–Crippen LogP) is 3.09. The highest BCUT2D eigenvalue weighted by atomic mass is 79.9. The molecule has 6 heteroatoms. The zero-order valence-corrected chi connectivity index (χ0v) is 12.7. The lowest BCUT2D eigenvalue weighted by Gasteiger charge is -2.19. The Morgan fingerprint density at radius 3 is 2.22 bits per heavy atom. The van der Waals surface area contributed by atoms with Crippen LogP contribution in [-0.2, 0) is 4.74 Å². The van der Waals surface area contributed by atoms with Gasteiger partial charge in [0.05, 0.1) is 24.3 Å². The van der Waals surface area contributed by atoms with E-state index in [2.05, 4.69) is 31.9 Å². The Labute approximate surface area is 120 Å². The lowest BCUT2D eigenvalue weighted by Crippen LogP contribution is -2.21. The largest absolute Gasteiger partial charge is 0.496 e. The van der Waals surface area contributed by atoms with Crippen molar-refractivity contribution in [2.45, 2.75) is 0 Å². The van der Waals surface area contributed by atoms with Crippen molar-refractivity contribution in [2.75, 3.05) is 14.2 Å². The number of ether oxygens (including phenoxy) is 2. The topological polar surface area (TPSA) is 52.6 Å². The first-order chi connectivity index (χ1) is 8.52. The molecule has 94 valence electrons. The Bertz CT molecular complexity index is 590. The van der Waals surface area contributed by atoms with Crippen LogP contribution in [0.1, 0.15) is 20.7 Å². The third-order valence-electron chi connectivity index (χ3n) is 2.61. The van der Waals surface area contributed by atoms with Crippen molar-refractivity contribution in [2.24, 2.45) is 0 Å². The highest BCUT2D eigenvalue weighted by Gasteiger charge is 2.34. The number of hydrogen-bond donors (Lipinski definition) is 0. The zero-order chi connectivity index (χ0) is 13.4. The fourth-order valence-corrected chi connectivity index (χ4v) is 2.97. The molecule has 0 atom stereocenters. The molecule has 0 spiro atoms. The van der Waals surface area contributed by atoms with Crippen molar-refractivity contribution in [1.29, 1.82) is 0 Å². The van der Waals surface area contributed by atoms with Crippen LogP contribution in [0.25, 0.3) is 0 Å². The normalized spacial score (nSPS) is 14.7. The average Bonchev–Trinajstić information content (AvgIpc) is 2.36. The van der Waals surface area contributed by atoms with Crippen LogP contribution in [0.15, 0.2) is 26.8 Å². The van der Waals surface area contributed by atoms with Gasteiger partial charge < -0.3 is 9.47 Å². The molecule has 18 heavy (non-hydrogen) atoms. The van der Waals surface area contributed by atoms with E-state index in [-0.39, 0.29) is 27.4 Å². The summed E-state index contributed by atoms with van der Waals surface area (Å²) in [5, 5.41) is 0. The van der Waals surface area contributed by atoms with E-state index in [1.807, 2.05) is 0 Å². The van der Waals surface area contributed by atoms with Crippen LogP contribution in [0.2, 0.25) is 0 Å². The molecular weight excluding hydrogens is 368 g/mol. The molecule has 1 aliphatic carbocycles. The van der Waals surface area contributed by atoms with Gasteiger partial charge in [-0.1, -0.05) is 0 Å². The summed E-state index contributed by atoms with van der Waals surface area (Å²) in [5.74, 6) is -0.129. The molecule has 1 aromatic carbocycles. The summed E-state index contributed by atoms with van der Waals surface area (Å²) >= 11 is 6.38. The lowest BCUT2D eigenvalue weighted by atomic mass is 9.93. The first-order valence-electron chi connectivity index (χ1n) is 4.92. The number of Topliss-reactive ketones (excluding diaryl/α,β-unsaturated/α-hetero) is 2. The van der Waals surface area contributed by atoms with E-state index in [1.54, 1.807) is 12.1 Å². The van der Waals surface area contributed by atoms with Crippen molar-refractivity contribution >= 4 is 43.4 Å². The molecule has 2 rings (SSSR count). The Morgan fingerprint density at radius 1 is 1.00 bits per heavy atom. The van der Waals surface area contributed by atoms with Gasteiger partial charge in [0.1, 0.15) is 10.2 Å². The van der Waals surface area contributed by atoms with Crippen LogP contribution in [0, 0.1) is 0 Å². The van der Waals surface area contributed by atoms with Crippen molar-refractivity contribution in [1.82, 2.24) is 0 Å². The fraction of sp³-hybridized carbons (Fsp3) is 0.167. The number of rotatable bonds is 2. The van der Waals surface area contributed by atoms with Crippen molar-refractivity contribution < 1.29 is 19.1 Å². The third-order valence-corrected chi connectivity index (χ3v) is 4.11. The average molecular weight is 376 g/mol. The molecule has 0 unspecified atom stereocenters. The van der Waals surface area contributed by atoms with Crippen LogP contribution < -0.4 is 4.74 Å². The van der Waals surface area contributed by atoms with Gasteiger partial charge in [0.2, 0.25) is 11.6 Å². The molecule has 0 radical (unpaired) electrons. The van der Waals surface area contributed by atoms with Gasteiger partial charge in [-0.25, -0.2) is 0 Å². The van der Waals surface area contributed by atoms with Crippen LogP contribution >= 0.6 is 31.9 Å². The number of fused-ring (bicyclic) bond motifs is 1. The van der Waals surface area contributed by atoms with Crippen molar-refractivity contribution in [3.05, 3.63) is 38.0 Å². The highest BCUT2D eigenvalue weighted by molar-refractivity contribution is 9.12. The number of carbonyl (C=O) groups excluding carboxylic acids is 2. The number of benzene rings is 1. The van der Waals surface area contributed by atoms with Crippen LogP contribution in [-0.4, -0.2) is 25.8 Å². The van der Waals surface area contributed by atoms with Crippen LogP contribution in [0.5, 0.6) is 5.75 Å². The van der Waals surface area contributed by atoms with E-state index >= 15 is 0 Å². The van der Waals surface area contributed by atoms with Gasteiger partial charge in [-0.2, -0.15) is 0 Å². The Kier molecular flexibility index (Phi) is 3.59. The SMILES string of the molecule is COC1=C(Br)C(=O)c2c(ccc(OC)c2Br)C1=O. The van der Waals surface area contributed by atoms with E-state index in [4.69, 9.17) is 9.47 Å². The number of hydrogen-bond acceptors (Lipinski definition) is 4. The van der Waals surface area contributed by atoms with Gasteiger partial charge in [-0.15, -0.1) is 0 Å². The summed E-state index contributed by atoms with van der Waals surface area (Å²) in [4.78, 5) is 24.3. The number of halogens is 2. The van der Waals surface area contributed by atoms with E-state index in [1.165, 1.54) is 14.2 Å². The first kappa shape index (κ1) is 13.3. The Hall–Kier alpha value is -1.14. The third kappa shape index (κ3) is 1.80. The van der Waals surface area contributed by atoms with E-state index in [0.29, 0.717) is 15.8 Å². The number of allylic oxidation sites excluding steroid dienone is 2. The van der Waals surface area contributed by atoms with Gasteiger partial charge in [-0.05, 0) is 44.0 Å². The molecule has 0 heterocycles. The van der Waals surface area contributed by atoms with E-state index in [9.17, 15) is 9.59 Å². The summed E-state index contributed by atoms with van der Waals surface area (Å²) < 4.78 is 10.7. The van der Waals surface area contributed by atoms with Crippen molar-refractivity contribution in [3.8, 4) is 5.75 Å². The Balaban J connectivity index is 2.74. The molecule has 0 saturated carbocycles. The minimum Gasteiger partial charge on any atom is -0.496 e. The summed E-state index contributed by atoms with van der Waals surface area (Å²) in [7, 11) is 2.85. The molecule has 0 amide bonds. The minimum absolute atomic E-state index is 0.0181. The minimum atomic E-state index is -0.331. The van der Waals surface area contributed by atoms with Gasteiger partial charge in [-0.3, -0.25) is 9.59 Å². The van der Waals surface area contributed by atoms with E-state index < -0.39 is 0 Å². The summed E-state index contributed by atoms with van der Waals surface area (Å²) in [6, 6.07) is 3.18. The monoisotopic (exact) mass is 374 g/mol. The molecule has 4 nitrogen and oxygen atoms in total. The molecule has 1 aromatic rings. The molecular formula is C12H8Br2O4. The molecule has 0 saturated heterocycles. The summed E-state index contributed by atoms with van der Waals surface area (Å²) in [5.41, 5.74) is 0.583. The van der Waals surface area contributed by atoms with Gasteiger partial charge in [0, 0.05) is 5.56 Å². The number of carbonyl (C=O) groups is 2. The summed E-state index contributed by atoms with van der Waals surface area (Å²) in [6.07, 6.45) is 0. The summed E-state index contributed by atoms with van der Waals surface area (Å²) in [6.45, 7) is 0. The molecule has 0 aromatic heterocycles. The van der Waals surface area contributed by atoms with Crippen LogP contribution in [0.3, 0.4) is 0 Å². The van der Waals surface area contributed by atoms with Gasteiger partial charge in [0.15, 0.2) is 5.76 Å². The number of methoxy groups -OCH3 is 2. The molecule has 0 N–H and O–H groups in total. The van der Waals surface area contributed by atoms with E-state index in [0.717, 1.165) is 0 Å². The first-order valence-corrected chi connectivity index (χ1v) is 6.51. The maximum absolute atomic E-state index is 12.2. The molecule has 0 aliphatic heterocycles.